The van der Waals surface area contributed by atoms with Crippen LogP contribution in [0, 0.1) is 12.7 Å². The van der Waals surface area contributed by atoms with Crippen molar-refractivity contribution in [3.63, 3.8) is 0 Å². The summed E-state index contributed by atoms with van der Waals surface area (Å²) in [7, 11) is -4.22. The van der Waals surface area contributed by atoms with Crippen molar-refractivity contribution >= 4 is 27.5 Å². The van der Waals surface area contributed by atoms with Crippen molar-refractivity contribution in [2.24, 2.45) is 0 Å². The molecule has 7 nitrogen and oxygen atoms in total. The summed E-state index contributed by atoms with van der Waals surface area (Å²) in [4.78, 5) is 27.8. The third-order valence-electron chi connectivity index (χ3n) is 5.80. The van der Waals surface area contributed by atoms with E-state index in [1.165, 1.54) is 4.90 Å². The molecule has 196 valence electrons. The molecule has 3 rings (SSSR count). The van der Waals surface area contributed by atoms with Crippen molar-refractivity contribution in [3.05, 3.63) is 95.8 Å². The summed E-state index contributed by atoms with van der Waals surface area (Å²) in [6.45, 7) is 6.78. The van der Waals surface area contributed by atoms with Gasteiger partial charge < -0.3 is 10.2 Å². The van der Waals surface area contributed by atoms with E-state index >= 15 is 0 Å². The lowest BCUT2D eigenvalue weighted by Gasteiger charge is -2.32. The first-order valence-electron chi connectivity index (χ1n) is 12.0. The lowest BCUT2D eigenvalue weighted by molar-refractivity contribution is -0.139. The minimum atomic E-state index is -4.22. The van der Waals surface area contributed by atoms with Crippen molar-refractivity contribution in [1.29, 1.82) is 0 Å². The molecule has 0 fully saturated rings. The van der Waals surface area contributed by atoms with Crippen LogP contribution in [0.1, 0.15) is 31.9 Å². The molecule has 0 heterocycles. The number of carbonyl (C=O) groups is 2. The molecule has 37 heavy (non-hydrogen) atoms. The number of aryl methyl sites for hydroxylation is 1. The minimum absolute atomic E-state index is 0.116. The summed E-state index contributed by atoms with van der Waals surface area (Å²) >= 11 is 0. The van der Waals surface area contributed by atoms with Crippen LogP contribution >= 0.6 is 0 Å². The fourth-order valence-electron chi connectivity index (χ4n) is 3.73. The number of nitrogens with one attached hydrogen (secondary N) is 1. The van der Waals surface area contributed by atoms with Gasteiger partial charge in [0, 0.05) is 12.6 Å². The number of halogens is 1. The quantitative estimate of drug-likeness (QED) is 0.428. The molecule has 3 aromatic rings. The Morgan fingerprint density at radius 2 is 1.49 bits per heavy atom. The zero-order valence-corrected chi connectivity index (χ0v) is 22.2. The summed E-state index contributed by atoms with van der Waals surface area (Å²) in [6.07, 6.45) is 0. The lowest BCUT2D eigenvalue weighted by atomic mass is 10.1. The highest BCUT2D eigenvalue weighted by molar-refractivity contribution is 7.92. The second kappa shape index (κ2) is 12.0. The maximum absolute atomic E-state index is 13.7. The number of hydrogen-bond donors (Lipinski definition) is 1. The number of nitrogens with zero attached hydrogens (tertiary/aromatic N) is 2. The van der Waals surface area contributed by atoms with Crippen LogP contribution in [0.25, 0.3) is 0 Å². The zero-order chi connectivity index (χ0) is 27.2. The number of amides is 2. The van der Waals surface area contributed by atoms with Gasteiger partial charge >= 0.3 is 0 Å². The molecule has 0 aliphatic carbocycles. The average molecular weight is 526 g/mol. The number of anilines is 1. The van der Waals surface area contributed by atoms with E-state index in [1.807, 2.05) is 45.0 Å². The largest absolute Gasteiger partial charge is 0.352 e. The van der Waals surface area contributed by atoms with Gasteiger partial charge in [-0.15, -0.1) is 0 Å². The Kier molecular flexibility index (Phi) is 9.04. The average Bonchev–Trinajstić information content (AvgIpc) is 2.86. The van der Waals surface area contributed by atoms with Crippen LogP contribution in [0.4, 0.5) is 10.1 Å². The topological polar surface area (TPSA) is 86.8 Å². The van der Waals surface area contributed by atoms with E-state index in [0.717, 1.165) is 39.7 Å². The standard InChI is InChI=1S/C28H32FN3O4S/c1-20(2)30-28(34)22(4)31(18-23-12-10-21(3)11-13-23)27(33)19-32(25-8-6-5-7-9-25)37(35,36)26-16-14-24(29)15-17-26/h5-17,20,22H,18-19H2,1-4H3,(H,30,34). The Morgan fingerprint density at radius 3 is 2.05 bits per heavy atom. The van der Waals surface area contributed by atoms with E-state index in [9.17, 15) is 22.4 Å². The minimum Gasteiger partial charge on any atom is -0.352 e. The predicted octanol–water partition coefficient (Wildman–Crippen LogP) is 4.27. The summed E-state index contributed by atoms with van der Waals surface area (Å²) < 4.78 is 41.7. The summed E-state index contributed by atoms with van der Waals surface area (Å²) in [5.41, 5.74) is 2.12. The normalized spacial score (nSPS) is 12.2. The van der Waals surface area contributed by atoms with Crippen LogP contribution in [-0.4, -0.2) is 43.8 Å². The summed E-state index contributed by atoms with van der Waals surface area (Å²) in [6, 6.07) is 19.2. The smallest absolute Gasteiger partial charge is 0.264 e. The highest BCUT2D eigenvalue weighted by atomic mass is 32.2. The predicted molar refractivity (Wildman–Crippen MR) is 142 cm³/mol. The second-order valence-electron chi connectivity index (χ2n) is 9.15. The van der Waals surface area contributed by atoms with Crippen molar-refractivity contribution in [2.75, 3.05) is 10.8 Å². The molecular formula is C28H32FN3O4S. The molecule has 0 saturated heterocycles. The molecule has 0 bridgehead atoms. The fourth-order valence-corrected chi connectivity index (χ4v) is 5.15. The van der Waals surface area contributed by atoms with Crippen molar-refractivity contribution < 1.29 is 22.4 Å². The van der Waals surface area contributed by atoms with Crippen LogP contribution in [0.5, 0.6) is 0 Å². The molecule has 1 atom stereocenters. The van der Waals surface area contributed by atoms with Crippen LogP contribution in [0.2, 0.25) is 0 Å². The molecule has 3 aromatic carbocycles. The molecule has 1 unspecified atom stereocenters. The molecule has 0 radical (unpaired) electrons. The monoisotopic (exact) mass is 525 g/mol. The molecule has 0 spiro atoms. The molecule has 0 aromatic heterocycles. The van der Waals surface area contributed by atoms with E-state index in [2.05, 4.69) is 5.32 Å². The van der Waals surface area contributed by atoms with Gasteiger partial charge in [-0.2, -0.15) is 0 Å². The van der Waals surface area contributed by atoms with Crippen LogP contribution in [0.15, 0.2) is 83.8 Å². The Morgan fingerprint density at radius 1 is 0.892 bits per heavy atom. The molecule has 2 amide bonds. The van der Waals surface area contributed by atoms with Gasteiger partial charge in [-0.05, 0) is 69.7 Å². The van der Waals surface area contributed by atoms with Gasteiger partial charge in [0.25, 0.3) is 10.0 Å². The SMILES string of the molecule is Cc1ccc(CN(C(=O)CN(c2ccccc2)S(=O)(=O)c2ccc(F)cc2)C(C)C(=O)NC(C)C)cc1. The first-order valence-corrected chi connectivity index (χ1v) is 13.4. The Labute approximate surface area is 218 Å². The Hall–Kier alpha value is -3.72. The Bertz CT molecular complexity index is 1310. The number of sulfonamides is 1. The molecular weight excluding hydrogens is 493 g/mol. The molecule has 9 heteroatoms. The Balaban J connectivity index is 1.99. The van der Waals surface area contributed by atoms with Gasteiger partial charge in [0.05, 0.1) is 10.6 Å². The second-order valence-corrected chi connectivity index (χ2v) is 11.0. The molecule has 1 N–H and O–H groups in total. The third-order valence-corrected chi connectivity index (χ3v) is 7.58. The molecule has 0 aliphatic rings. The highest BCUT2D eigenvalue weighted by Crippen LogP contribution is 2.24. The van der Waals surface area contributed by atoms with Crippen molar-refractivity contribution in [2.45, 2.75) is 51.2 Å². The van der Waals surface area contributed by atoms with Gasteiger partial charge in [-0.3, -0.25) is 13.9 Å². The number of carbonyl (C=O) groups excluding carboxylic acids is 2. The number of para-hydroxylation sites is 1. The summed E-state index contributed by atoms with van der Waals surface area (Å²) in [5.74, 6) is -1.47. The van der Waals surface area contributed by atoms with Gasteiger partial charge in [0.15, 0.2) is 0 Å². The zero-order valence-electron chi connectivity index (χ0n) is 21.4. The van der Waals surface area contributed by atoms with E-state index in [-0.39, 0.29) is 29.1 Å². The van der Waals surface area contributed by atoms with E-state index in [1.54, 1.807) is 37.3 Å². The van der Waals surface area contributed by atoms with Gasteiger partial charge in [0.2, 0.25) is 11.8 Å². The van der Waals surface area contributed by atoms with Gasteiger partial charge in [0.1, 0.15) is 18.4 Å². The highest BCUT2D eigenvalue weighted by Gasteiger charge is 2.32. The number of hydrogen-bond acceptors (Lipinski definition) is 4. The number of benzene rings is 3. The first kappa shape index (κ1) is 27.9. The number of rotatable bonds is 10. The van der Waals surface area contributed by atoms with Crippen molar-refractivity contribution in [3.8, 4) is 0 Å². The third kappa shape index (κ3) is 7.16. The van der Waals surface area contributed by atoms with E-state index in [0.29, 0.717) is 0 Å². The molecule has 0 saturated carbocycles. The van der Waals surface area contributed by atoms with Gasteiger partial charge in [-0.1, -0.05) is 48.0 Å². The van der Waals surface area contributed by atoms with Gasteiger partial charge in [-0.25, -0.2) is 12.8 Å². The fraction of sp³-hybridized carbons (Fsp3) is 0.286. The maximum Gasteiger partial charge on any atom is 0.264 e. The van der Waals surface area contributed by atoms with Crippen LogP contribution in [-0.2, 0) is 26.2 Å². The van der Waals surface area contributed by atoms with Crippen LogP contribution in [0.3, 0.4) is 0 Å². The maximum atomic E-state index is 13.7. The van der Waals surface area contributed by atoms with Crippen LogP contribution < -0.4 is 9.62 Å². The van der Waals surface area contributed by atoms with E-state index in [4.69, 9.17) is 0 Å². The molecule has 0 aliphatic heterocycles. The van der Waals surface area contributed by atoms with Crippen molar-refractivity contribution in [1.82, 2.24) is 10.2 Å². The summed E-state index contributed by atoms with van der Waals surface area (Å²) in [5, 5.41) is 2.82. The first-order chi connectivity index (χ1) is 17.5. The van der Waals surface area contributed by atoms with E-state index < -0.39 is 34.3 Å². The lowest BCUT2D eigenvalue weighted by Crippen LogP contribution is -2.52.